The van der Waals surface area contributed by atoms with E-state index in [9.17, 15) is 0 Å². The van der Waals surface area contributed by atoms with E-state index in [1.807, 2.05) is 13.1 Å². The Morgan fingerprint density at radius 2 is 2.45 bits per heavy atom. The molecule has 2 nitrogen and oxygen atoms in total. The maximum absolute atomic E-state index is 4.14. The van der Waals surface area contributed by atoms with Crippen molar-refractivity contribution in [2.24, 2.45) is 0 Å². The maximum atomic E-state index is 4.14. The zero-order valence-electron chi connectivity index (χ0n) is 6.26. The van der Waals surface area contributed by atoms with E-state index in [0.717, 1.165) is 15.9 Å². The van der Waals surface area contributed by atoms with Gasteiger partial charge in [0.15, 0.2) is 0 Å². The molecule has 0 atom stereocenters. The van der Waals surface area contributed by atoms with Gasteiger partial charge in [-0.25, -0.2) is 0 Å². The molecule has 0 aliphatic carbocycles. The van der Waals surface area contributed by atoms with Gasteiger partial charge in [0.05, 0.1) is 11.4 Å². The number of aromatic nitrogens is 1. The summed E-state index contributed by atoms with van der Waals surface area (Å²) in [5, 5.41) is 3.02. The van der Waals surface area contributed by atoms with Crippen LogP contribution in [0.1, 0.15) is 5.69 Å². The fourth-order valence-corrected chi connectivity index (χ4v) is 1.14. The molecule has 3 heteroatoms. The van der Waals surface area contributed by atoms with Crippen molar-refractivity contribution >= 4 is 27.7 Å². The van der Waals surface area contributed by atoms with E-state index >= 15 is 0 Å². The van der Waals surface area contributed by atoms with Gasteiger partial charge in [-0.1, -0.05) is 6.58 Å². The lowest BCUT2D eigenvalue weighted by Gasteiger charge is -2.03. The second kappa shape index (κ2) is 3.53. The molecule has 0 saturated heterocycles. The molecule has 1 aromatic heterocycles. The predicted octanol–water partition coefficient (Wildman–Crippen LogP) is 2.53. The molecule has 1 heterocycles. The largest absolute Gasteiger partial charge is 0.386 e. The number of nitrogens with zero attached hydrogens (tertiary/aromatic N) is 1. The first kappa shape index (κ1) is 8.27. The van der Waals surface area contributed by atoms with E-state index in [-0.39, 0.29) is 0 Å². The summed E-state index contributed by atoms with van der Waals surface area (Å²) in [6.07, 6.45) is 3.47. The molecule has 0 radical (unpaired) electrons. The normalized spacial score (nSPS) is 9.27. The summed E-state index contributed by atoms with van der Waals surface area (Å²) in [7, 11) is 1.86. The summed E-state index contributed by atoms with van der Waals surface area (Å²) in [5.41, 5.74) is 1.85. The molecule has 0 bridgehead atoms. The van der Waals surface area contributed by atoms with Gasteiger partial charge in [-0.15, -0.1) is 0 Å². The molecule has 1 rings (SSSR count). The Hall–Kier alpha value is -0.830. The van der Waals surface area contributed by atoms with Crippen LogP contribution in [0.4, 0.5) is 5.69 Å². The lowest BCUT2D eigenvalue weighted by molar-refractivity contribution is 1.26. The standard InChI is InChI=1S/C8H9BrN2/c1-3-7-8(10-2)4-6(9)5-11-7/h3-5,10H,1H2,2H3. The summed E-state index contributed by atoms with van der Waals surface area (Å²) < 4.78 is 0.965. The van der Waals surface area contributed by atoms with Gasteiger partial charge in [0, 0.05) is 17.7 Å². The highest BCUT2D eigenvalue weighted by atomic mass is 79.9. The zero-order chi connectivity index (χ0) is 8.27. The molecule has 0 spiro atoms. The molecular weight excluding hydrogens is 204 g/mol. The second-order valence-corrected chi connectivity index (χ2v) is 2.96. The van der Waals surface area contributed by atoms with Crippen LogP contribution in [-0.4, -0.2) is 12.0 Å². The van der Waals surface area contributed by atoms with Crippen molar-refractivity contribution in [1.29, 1.82) is 0 Å². The van der Waals surface area contributed by atoms with Gasteiger partial charge in [0.1, 0.15) is 0 Å². The summed E-state index contributed by atoms with van der Waals surface area (Å²) in [4.78, 5) is 4.14. The molecule has 0 fully saturated rings. The molecule has 0 aliphatic rings. The van der Waals surface area contributed by atoms with E-state index in [1.165, 1.54) is 0 Å². The highest BCUT2D eigenvalue weighted by molar-refractivity contribution is 9.10. The monoisotopic (exact) mass is 212 g/mol. The van der Waals surface area contributed by atoms with Crippen LogP contribution in [0.2, 0.25) is 0 Å². The molecule has 0 amide bonds. The van der Waals surface area contributed by atoms with Crippen LogP contribution in [0, 0.1) is 0 Å². The molecule has 0 unspecified atom stereocenters. The Labute approximate surface area is 74.5 Å². The first-order valence-electron chi connectivity index (χ1n) is 3.23. The van der Waals surface area contributed by atoms with Crippen LogP contribution in [0.25, 0.3) is 6.08 Å². The summed E-state index contributed by atoms with van der Waals surface area (Å²) in [5.74, 6) is 0. The van der Waals surface area contributed by atoms with Crippen molar-refractivity contribution in [2.45, 2.75) is 0 Å². The molecule has 1 aromatic rings. The van der Waals surface area contributed by atoms with E-state index in [1.54, 1.807) is 12.3 Å². The van der Waals surface area contributed by atoms with Crippen molar-refractivity contribution in [1.82, 2.24) is 4.98 Å². The molecule has 1 N–H and O–H groups in total. The van der Waals surface area contributed by atoms with Crippen LogP contribution in [0.5, 0.6) is 0 Å². The van der Waals surface area contributed by atoms with Crippen LogP contribution in [-0.2, 0) is 0 Å². The number of hydrogen-bond donors (Lipinski definition) is 1. The SMILES string of the molecule is C=Cc1ncc(Br)cc1NC. The second-order valence-electron chi connectivity index (χ2n) is 2.04. The Bertz CT molecular complexity index is 271. The van der Waals surface area contributed by atoms with Crippen LogP contribution in [0.3, 0.4) is 0 Å². The van der Waals surface area contributed by atoms with Crippen LogP contribution < -0.4 is 5.32 Å². The molecule has 11 heavy (non-hydrogen) atoms. The fourth-order valence-electron chi connectivity index (χ4n) is 0.813. The van der Waals surface area contributed by atoms with E-state index in [4.69, 9.17) is 0 Å². The molecule has 0 saturated carbocycles. The highest BCUT2D eigenvalue weighted by Crippen LogP contribution is 2.18. The first-order valence-corrected chi connectivity index (χ1v) is 4.03. The van der Waals surface area contributed by atoms with Gasteiger partial charge in [-0.2, -0.15) is 0 Å². The molecule has 58 valence electrons. The summed E-state index contributed by atoms with van der Waals surface area (Å²) >= 11 is 3.33. The van der Waals surface area contributed by atoms with Crippen molar-refractivity contribution in [3.63, 3.8) is 0 Å². The third-order valence-electron chi connectivity index (χ3n) is 1.35. The maximum Gasteiger partial charge on any atom is 0.0855 e. The third kappa shape index (κ3) is 1.80. The number of anilines is 1. The highest BCUT2D eigenvalue weighted by Gasteiger charge is 1.97. The smallest absolute Gasteiger partial charge is 0.0855 e. The number of nitrogens with one attached hydrogen (secondary N) is 1. The first-order chi connectivity index (χ1) is 5.27. The minimum absolute atomic E-state index is 0.871. The number of pyridine rings is 1. The van der Waals surface area contributed by atoms with Gasteiger partial charge >= 0.3 is 0 Å². The number of rotatable bonds is 2. The summed E-state index contributed by atoms with van der Waals surface area (Å²) in [6.45, 7) is 3.65. The van der Waals surface area contributed by atoms with Crippen molar-refractivity contribution in [3.8, 4) is 0 Å². The van der Waals surface area contributed by atoms with Crippen molar-refractivity contribution in [3.05, 3.63) is 29.0 Å². The average Bonchev–Trinajstić information content (AvgIpc) is 2.04. The quantitative estimate of drug-likeness (QED) is 0.816. The minimum atomic E-state index is 0.871. The van der Waals surface area contributed by atoms with Crippen molar-refractivity contribution in [2.75, 3.05) is 12.4 Å². The van der Waals surface area contributed by atoms with E-state index < -0.39 is 0 Å². The Balaban J connectivity index is 3.16. The molecule has 0 aromatic carbocycles. The van der Waals surface area contributed by atoms with E-state index in [2.05, 4.69) is 32.8 Å². The zero-order valence-corrected chi connectivity index (χ0v) is 7.85. The van der Waals surface area contributed by atoms with Gasteiger partial charge in [-0.05, 0) is 28.1 Å². The Kier molecular flexibility index (Phi) is 2.65. The molecular formula is C8H9BrN2. The number of hydrogen-bond acceptors (Lipinski definition) is 2. The van der Waals surface area contributed by atoms with Gasteiger partial charge in [0.25, 0.3) is 0 Å². The Morgan fingerprint density at radius 3 is 3.00 bits per heavy atom. The van der Waals surface area contributed by atoms with Gasteiger partial charge in [0.2, 0.25) is 0 Å². The van der Waals surface area contributed by atoms with Gasteiger partial charge in [-0.3, -0.25) is 4.98 Å². The minimum Gasteiger partial charge on any atom is -0.386 e. The van der Waals surface area contributed by atoms with Gasteiger partial charge < -0.3 is 5.32 Å². The third-order valence-corrected chi connectivity index (χ3v) is 1.78. The van der Waals surface area contributed by atoms with Crippen molar-refractivity contribution < 1.29 is 0 Å². The predicted molar refractivity (Wildman–Crippen MR) is 51.6 cm³/mol. The van der Waals surface area contributed by atoms with Crippen LogP contribution >= 0.6 is 15.9 Å². The lowest BCUT2D eigenvalue weighted by Crippen LogP contribution is -1.93. The average molecular weight is 213 g/mol. The lowest BCUT2D eigenvalue weighted by atomic mass is 10.3. The van der Waals surface area contributed by atoms with Crippen LogP contribution in [0.15, 0.2) is 23.3 Å². The summed E-state index contributed by atoms with van der Waals surface area (Å²) in [6, 6.07) is 1.96. The molecule has 0 aliphatic heterocycles. The topological polar surface area (TPSA) is 24.9 Å². The Morgan fingerprint density at radius 1 is 1.73 bits per heavy atom. The number of halogens is 1. The van der Waals surface area contributed by atoms with E-state index in [0.29, 0.717) is 0 Å². The fraction of sp³-hybridized carbons (Fsp3) is 0.125.